The van der Waals surface area contributed by atoms with Crippen LogP contribution in [0.5, 0.6) is 0 Å². The molecular formula is C10H20N5O4P. The van der Waals surface area contributed by atoms with Crippen molar-refractivity contribution in [2.45, 2.75) is 37.4 Å². The Bertz CT molecular complexity index is 411. The van der Waals surface area contributed by atoms with Gasteiger partial charge in [-0.25, -0.2) is 0 Å². The summed E-state index contributed by atoms with van der Waals surface area (Å²) in [5, 5.41) is 28.8. The molecule has 1 saturated heterocycles. The maximum atomic E-state index is 9.97. The summed E-state index contributed by atoms with van der Waals surface area (Å²) in [5.74, 6) is 0.702. The number of hydrogen-bond donors (Lipinski definition) is 6. The van der Waals surface area contributed by atoms with Gasteiger partial charge in [0.25, 0.3) is 0 Å². The van der Waals surface area contributed by atoms with Crippen LogP contribution >= 0.6 is 9.47 Å². The molecule has 0 bridgehead atoms. The van der Waals surface area contributed by atoms with Gasteiger partial charge < -0.3 is 35.0 Å². The highest BCUT2D eigenvalue weighted by molar-refractivity contribution is 7.09. The van der Waals surface area contributed by atoms with Crippen LogP contribution in [-0.4, -0.2) is 59.3 Å². The second-order valence-electron chi connectivity index (χ2n) is 5.02. The number of ether oxygens (including phenoxy) is 1. The van der Waals surface area contributed by atoms with Gasteiger partial charge in [-0.15, -0.1) is 0 Å². The Morgan fingerprint density at radius 1 is 1.50 bits per heavy atom. The number of nitrogens with one attached hydrogen (secondary N) is 3. The Morgan fingerprint density at radius 3 is 3.05 bits per heavy atom. The molecule has 7 N–H and O–H groups in total. The molecule has 3 aliphatic heterocycles. The lowest BCUT2D eigenvalue weighted by Gasteiger charge is -2.33. The normalized spacial score (nSPS) is 40.6. The summed E-state index contributed by atoms with van der Waals surface area (Å²) in [6.07, 6.45) is -2.14. The van der Waals surface area contributed by atoms with E-state index in [1.807, 2.05) is 4.90 Å². The van der Waals surface area contributed by atoms with Crippen molar-refractivity contribution in [2.24, 2.45) is 5.73 Å². The molecule has 0 aromatic heterocycles. The number of nitrogens with zero attached hydrogens (tertiary/aromatic N) is 1. The molecule has 114 valence electrons. The van der Waals surface area contributed by atoms with Gasteiger partial charge in [-0.1, -0.05) is 0 Å². The van der Waals surface area contributed by atoms with Crippen molar-refractivity contribution < 1.29 is 19.5 Å². The monoisotopic (exact) mass is 305 g/mol. The Balaban J connectivity index is 1.73. The van der Waals surface area contributed by atoms with Gasteiger partial charge in [0.2, 0.25) is 0 Å². The van der Waals surface area contributed by atoms with E-state index < -0.39 is 18.6 Å². The van der Waals surface area contributed by atoms with Crippen molar-refractivity contribution in [1.29, 1.82) is 0 Å². The lowest BCUT2D eigenvalue weighted by atomic mass is 10.2. The summed E-state index contributed by atoms with van der Waals surface area (Å²) in [4.78, 5) is 1.91. The van der Waals surface area contributed by atoms with Crippen molar-refractivity contribution >= 4 is 9.47 Å². The average Bonchev–Trinajstić information content (AvgIpc) is 2.94. The number of nitrogens with two attached hydrogens (primary N) is 1. The standard InChI is InChI=1S/C10H20N5O4P/c11-10-13-8-7(9(17)14-10)12-3-15(8)6-1-4(16)5(19-6)2-18-20/h4-6,9-10,12-14,16-17H,1-3,11,20H2/t4?,5-,6-,9?,10?/m1/s1. The minimum atomic E-state index is -0.844. The molecule has 3 rings (SSSR count). The number of aliphatic hydroxyl groups is 2. The van der Waals surface area contributed by atoms with E-state index in [9.17, 15) is 10.2 Å². The predicted octanol–water partition coefficient (Wildman–Crippen LogP) is -2.95. The second kappa shape index (κ2) is 5.61. The van der Waals surface area contributed by atoms with Crippen molar-refractivity contribution in [3.8, 4) is 0 Å². The van der Waals surface area contributed by atoms with Crippen LogP contribution in [-0.2, 0) is 9.26 Å². The maximum Gasteiger partial charge on any atom is 0.151 e. The lowest BCUT2D eigenvalue weighted by molar-refractivity contribution is -0.0629. The first-order valence-corrected chi connectivity index (χ1v) is 6.93. The molecular weight excluding hydrogens is 285 g/mol. The van der Waals surface area contributed by atoms with E-state index in [0.717, 1.165) is 0 Å². The van der Waals surface area contributed by atoms with E-state index in [-0.39, 0.29) is 12.3 Å². The average molecular weight is 305 g/mol. The minimum absolute atomic E-state index is 0.292. The van der Waals surface area contributed by atoms with Gasteiger partial charge in [-0.2, -0.15) is 0 Å². The SMILES string of the molecule is NC1NC2=C(NCN2[C@H]2CC(O)[C@@H](COP)O2)C(O)N1. The van der Waals surface area contributed by atoms with Crippen LogP contribution < -0.4 is 21.7 Å². The molecule has 0 aromatic carbocycles. The second-order valence-corrected chi connectivity index (χ2v) is 5.36. The first kappa shape index (κ1) is 14.3. The number of rotatable bonds is 3. The number of hydrogen-bond acceptors (Lipinski definition) is 9. The summed E-state index contributed by atoms with van der Waals surface area (Å²) in [5.41, 5.74) is 6.40. The summed E-state index contributed by atoms with van der Waals surface area (Å²) in [6.45, 7) is 0.793. The molecule has 1 fully saturated rings. The van der Waals surface area contributed by atoms with E-state index in [1.54, 1.807) is 0 Å². The lowest BCUT2D eigenvalue weighted by Crippen LogP contribution is -2.59. The van der Waals surface area contributed by atoms with Crippen molar-refractivity contribution in [1.82, 2.24) is 20.9 Å². The summed E-state index contributed by atoms with van der Waals surface area (Å²) in [7, 11) is 2.15. The van der Waals surface area contributed by atoms with Crippen molar-refractivity contribution in [3.63, 3.8) is 0 Å². The van der Waals surface area contributed by atoms with Crippen LogP contribution in [0.25, 0.3) is 0 Å². The van der Waals surface area contributed by atoms with Crippen LogP contribution in [0.2, 0.25) is 0 Å². The highest BCUT2D eigenvalue weighted by Crippen LogP contribution is 2.29. The summed E-state index contributed by atoms with van der Waals surface area (Å²) < 4.78 is 10.7. The smallest absolute Gasteiger partial charge is 0.151 e. The van der Waals surface area contributed by atoms with Gasteiger partial charge in [0, 0.05) is 15.9 Å². The molecule has 0 aliphatic carbocycles. The zero-order valence-electron chi connectivity index (χ0n) is 10.8. The largest absolute Gasteiger partial charge is 0.390 e. The summed E-state index contributed by atoms with van der Waals surface area (Å²) >= 11 is 0. The van der Waals surface area contributed by atoms with Crippen LogP contribution in [0, 0.1) is 0 Å². The van der Waals surface area contributed by atoms with Gasteiger partial charge in [-0.3, -0.25) is 11.1 Å². The molecule has 0 radical (unpaired) electrons. The molecule has 4 unspecified atom stereocenters. The topological polar surface area (TPSA) is 124 Å². The Morgan fingerprint density at radius 2 is 2.30 bits per heavy atom. The van der Waals surface area contributed by atoms with Gasteiger partial charge in [0.05, 0.1) is 25.1 Å². The molecule has 9 nitrogen and oxygen atoms in total. The molecule has 6 atom stereocenters. The molecule has 3 heterocycles. The van der Waals surface area contributed by atoms with E-state index >= 15 is 0 Å². The maximum absolute atomic E-state index is 9.97. The fourth-order valence-electron chi connectivity index (χ4n) is 2.72. The molecule has 3 aliphatic rings. The quantitative estimate of drug-likeness (QED) is 0.304. The predicted molar refractivity (Wildman–Crippen MR) is 72.1 cm³/mol. The fraction of sp³-hybridized carbons (Fsp3) is 0.800. The van der Waals surface area contributed by atoms with Crippen molar-refractivity contribution in [2.75, 3.05) is 13.3 Å². The Labute approximate surface area is 118 Å². The number of aliphatic hydroxyl groups excluding tert-OH is 2. The van der Waals surface area contributed by atoms with E-state index in [4.69, 9.17) is 15.0 Å². The van der Waals surface area contributed by atoms with E-state index in [0.29, 0.717) is 31.2 Å². The highest BCUT2D eigenvalue weighted by atomic mass is 31.0. The van der Waals surface area contributed by atoms with Gasteiger partial charge in [0.15, 0.2) is 6.23 Å². The van der Waals surface area contributed by atoms with Crippen LogP contribution in [0.3, 0.4) is 0 Å². The molecule has 0 saturated carbocycles. The van der Waals surface area contributed by atoms with Crippen molar-refractivity contribution in [3.05, 3.63) is 11.5 Å². The molecule has 0 aromatic rings. The summed E-state index contributed by atoms with van der Waals surface area (Å²) in [6, 6.07) is 0. The Kier molecular flexibility index (Phi) is 4.00. The Hall–Kier alpha value is -0.670. The van der Waals surface area contributed by atoms with Crippen LogP contribution in [0.15, 0.2) is 11.5 Å². The highest BCUT2D eigenvalue weighted by Gasteiger charge is 2.42. The van der Waals surface area contributed by atoms with E-state index in [2.05, 4.69) is 25.4 Å². The van der Waals surface area contributed by atoms with Gasteiger partial charge in [0.1, 0.15) is 24.4 Å². The third-order valence-electron chi connectivity index (χ3n) is 3.70. The molecule has 0 spiro atoms. The zero-order valence-corrected chi connectivity index (χ0v) is 12.0. The first-order chi connectivity index (χ1) is 9.60. The van der Waals surface area contributed by atoms with Crippen LogP contribution in [0.4, 0.5) is 0 Å². The molecule has 0 amide bonds. The zero-order chi connectivity index (χ0) is 14.3. The fourth-order valence-corrected chi connectivity index (χ4v) is 2.90. The van der Waals surface area contributed by atoms with Gasteiger partial charge >= 0.3 is 0 Å². The van der Waals surface area contributed by atoms with Gasteiger partial charge in [-0.05, 0) is 0 Å². The van der Waals surface area contributed by atoms with Crippen LogP contribution in [0.1, 0.15) is 6.42 Å². The van der Waals surface area contributed by atoms with E-state index in [1.165, 1.54) is 0 Å². The molecule has 10 heteroatoms. The third kappa shape index (κ3) is 2.46. The minimum Gasteiger partial charge on any atom is -0.390 e. The first-order valence-electron chi connectivity index (χ1n) is 6.46. The third-order valence-corrected chi connectivity index (χ3v) is 3.89. The molecule has 20 heavy (non-hydrogen) atoms.